The first-order valence-corrected chi connectivity index (χ1v) is 8.71. The fourth-order valence-electron chi connectivity index (χ4n) is 2.56. The molecule has 132 valence electrons. The number of amides is 2. The van der Waals surface area contributed by atoms with Gasteiger partial charge in [-0.3, -0.25) is 9.59 Å². The summed E-state index contributed by atoms with van der Waals surface area (Å²) in [6.07, 6.45) is 1.61. The molecule has 1 aromatic rings. The Bertz CT molecular complexity index is 596. The van der Waals surface area contributed by atoms with Crippen LogP contribution in [0.2, 0.25) is 0 Å². The maximum absolute atomic E-state index is 12.3. The molecular weight excluding hydrogens is 304 g/mol. The van der Waals surface area contributed by atoms with Gasteiger partial charge >= 0.3 is 0 Å². The summed E-state index contributed by atoms with van der Waals surface area (Å²) >= 11 is 0. The highest BCUT2D eigenvalue weighted by atomic mass is 16.5. The van der Waals surface area contributed by atoms with Crippen molar-refractivity contribution in [1.29, 1.82) is 0 Å². The monoisotopic (exact) mass is 332 g/mol. The zero-order valence-corrected chi connectivity index (χ0v) is 15.0. The lowest BCUT2D eigenvalue weighted by Crippen LogP contribution is -2.38. The van der Waals surface area contributed by atoms with Crippen LogP contribution in [-0.4, -0.2) is 25.0 Å². The molecule has 0 radical (unpaired) electrons. The molecule has 0 saturated heterocycles. The summed E-state index contributed by atoms with van der Waals surface area (Å²) in [4.78, 5) is 24.1. The third-order valence-corrected chi connectivity index (χ3v) is 4.15. The standard InChI is InChI=1S/C19H28N2O3/c1-12(2)7-8-20-19(23)15-9-14-10-16(21-18(22)13(3)4)5-6-17(14)24-11-15/h5-6,10,12-13,15H,7-9,11H2,1-4H3,(H,20,23)(H,21,22). The predicted molar refractivity (Wildman–Crippen MR) is 95.1 cm³/mol. The minimum atomic E-state index is -0.180. The van der Waals surface area contributed by atoms with Gasteiger partial charge in [-0.15, -0.1) is 0 Å². The number of rotatable bonds is 6. The fourth-order valence-corrected chi connectivity index (χ4v) is 2.56. The lowest BCUT2D eigenvalue weighted by atomic mass is 9.95. The van der Waals surface area contributed by atoms with Crippen LogP contribution in [0.5, 0.6) is 5.75 Å². The van der Waals surface area contributed by atoms with Crippen LogP contribution in [-0.2, 0) is 16.0 Å². The molecule has 1 aromatic carbocycles. The molecule has 24 heavy (non-hydrogen) atoms. The van der Waals surface area contributed by atoms with Crippen molar-refractivity contribution in [1.82, 2.24) is 5.32 Å². The molecule has 0 bridgehead atoms. The van der Waals surface area contributed by atoms with Gasteiger partial charge in [0.1, 0.15) is 12.4 Å². The highest BCUT2D eigenvalue weighted by Gasteiger charge is 2.26. The molecule has 0 saturated carbocycles. The number of ether oxygens (including phenoxy) is 1. The molecule has 1 unspecified atom stereocenters. The summed E-state index contributed by atoms with van der Waals surface area (Å²) in [6, 6.07) is 5.60. The van der Waals surface area contributed by atoms with Crippen LogP contribution in [0.1, 0.15) is 39.7 Å². The third kappa shape index (κ3) is 4.98. The first-order valence-electron chi connectivity index (χ1n) is 8.71. The van der Waals surface area contributed by atoms with E-state index in [4.69, 9.17) is 4.74 Å². The Morgan fingerprint density at radius 2 is 2.00 bits per heavy atom. The van der Waals surface area contributed by atoms with E-state index in [0.29, 0.717) is 25.5 Å². The zero-order chi connectivity index (χ0) is 17.7. The second kappa shape index (κ2) is 8.18. The van der Waals surface area contributed by atoms with Gasteiger partial charge in [-0.25, -0.2) is 0 Å². The number of hydrogen-bond donors (Lipinski definition) is 2. The quantitative estimate of drug-likeness (QED) is 0.841. The van der Waals surface area contributed by atoms with E-state index in [1.54, 1.807) is 0 Å². The van der Waals surface area contributed by atoms with Crippen molar-refractivity contribution in [3.8, 4) is 5.75 Å². The third-order valence-electron chi connectivity index (χ3n) is 4.15. The smallest absolute Gasteiger partial charge is 0.226 e. The molecule has 5 nitrogen and oxygen atoms in total. The summed E-state index contributed by atoms with van der Waals surface area (Å²) < 4.78 is 5.72. The van der Waals surface area contributed by atoms with E-state index < -0.39 is 0 Å². The van der Waals surface area contributed by atoms with Crippen molar-refractivity contribution in [2.75, 3.05) is 18.5 Å². The topological polar surface area (TPSA) is 67.4 Å². The summed E-state index contributed by atoms with van der Waals surface area (Å²) in [5.41, 5.74) is 1.71. The van der Waals surface area contributed by atoms with Gasteiger partial charge in [0.25, 0.3) is 0 Å². The summed E-state index contributed by atoms with van der Waals surface area (Å²) in [6.45, 7) is 9.09. The Kier molecular flexibility index (Phi) is 6.23. The SMILES string of the molecule is CC(C)CCNC(=O)C1COc2ccc(NC(=O)C(C)C)cc2C1. The molecule has 2 amide bonds. The first-order chi connectivity index (χ1) is 11.4. The highest BCUT2D eigenvalue weighted by molar-refractivity contribution is 5.92. The maximum Gasteiger partial charge on any atom is 0.226 e. The molecule has 1 aliphatic heterocycles. The second-order valence-corrected chi connectivity index (χ2v) is 7.15. The Hall–Kier alpha value is -2.04. The van der Waals surface area contributed by atoms with Crippen molar-refractivity contribution in [3.05, 3.63) is 23.8 Å². The van der Waals surface area contributed by atoms with E-state index >= 15 is 0 Å². The van der Waals surface area contributed by atoms with Gasteiger partial charge in [0.05, 0.1) is 5.92 Å². The summed E-state index contributed by atoms with van der Waals surface area (Å²) in [5.74, 6) is 1.13. The predicted octanol–water partition coefficient (Wildman–Crippen LogP) is 2.99. The lowest BCUT2D eigenvalue weighted by Gasteiger charge is -2.25. The van der Waals surface area contributed by atoms with Gasteiger partial charge in [-0.2, -0.15) is 0 Å². The van der Waals surface area contributed by atoms with Crippen LogP contribution in [0.15, 0.2) is 18.2 Å². The zero-order valence-electron chi connectivity index (χ0n) is 15.0. The normalized spacial score (nSPS) is 16.5. The molecule has 2 N–H and O–H groups in total. The number of anilines is 1. The molecule has 0 fully saturated rings. The largest absolute Gasteiger partial charge is 0.492 e. The van der Waals surface area contributed by atoms with Crippen LogP contribution in [0.3, 0.4) is 0 Å². The molecular formula is C19H28N2O3. The fraction of sp³-hybridized carbons (Fsp3) is 0.579. The van der Waals surface area contributed by atoms with Crippen molar-refractivity contribution in [2.24, 2.45) is 17.8 Å². The van der Waals surface area contributed by atoms with E-state index in [1.807, 2.05) is 32.0 Å². The number of benzene rings is 1. The molecule has 2 rings (SSSR count). The van der Waals surface area contributed by atoms with Gasteiger partial charge in [-0.1, -0.05) is 27.7 Å². The van der Waals surface area contributed by atoms with Crippen molar-refractivity contribution in [2.45, 2.75) is 40.5 Å². The maximum atomic E-state index is 12.3. The molecule has 1 atom stereocenters. The van der Waals surface area contributed by atoms with Crippen LogP contribution < -0.4 is 15.4 Å². The number of hydrogen-bond acceptors (Lipinski definition) is 3. The Balaban J connectivity index is 1.98. The highest BCUT2D eigenvalue weighted by Crippen LogP contribution is 2.30. The van der Waals surface area contributed by atoms with Gasteiger partial charge in [0.2, 0.25) is 11.8 Å². The van der Waals surface area contributed by atoms with Crippen molar-refractivity contribution in [3.63, 3.8) is 0 Å². The van der Waals surface area contributed by atoms with E-state index in [1.165, 1.54) is 0 Å². The number of carbonyl (C=O) groups is 2. The van der Waals surface area contributed by atoms with E-state index in [0.717, 1.165) is 23.4 Å². The molecule has 0 spiro atoms. The average Bonchev–Trinajstić information content (AvgIpc) is 2.53. The van der Waals surface area contributed by atoms with Crippen molar-refractivity contribution < 1.29 is 14.3 Å². The summed E-state index contributed by atoms with van der Waals surface area (Å²) in [5, 5.41) is 5.87. The average molecular weight is 332 g/mol. The van der Waals surface area contributed by atoms with Gasteiger partial charge in [0.15, 0.2) is 0 Å². The number of fused-ring (bicyclic) bond motifs is 1. The summed E-state index contributed by atoms with van der Waals surface area (Å²) in [7, 11) is 0. The van der Waals surface area contributed by atoms with E-state index in [9.17, 15) is 9.59 Å². The van der Waals surface area contributed by atoms with Gasteiger partial charge in [0, 0.05) is 18.2 Å². The second-order valence-electron chi connectivity index (χ2n) is 7.15. The Morgan fingerprint density at radius 1 is 1.25 bits per heavy atom. The van der Waals surface area contributed by atoms with Crippen LogP contribution in [0, 0.1) is 17.8 Å². The number of nitrogens with one attached hydrogen (secondary N) is 2. The van der Waals surface area contributed by atoms with Gasteiger partial charge < -0.3 is 15.4 Å². The molecule has 0 aliphatic carbocycles. The Morgan fingerprint density at radius 3 is 2.67 bits per heavy atom. The van der Waals surface area contributed by atoms with E-state index in [-0.39, 0.29) is 23.7 Å². The molecule has 1 aliphatic rings. The molecule has 5 heteroatoms. The Labute approximate surface area is 144 Å². The number of carbonyl (C=O) groups excluding carboxylic acids is 2. The minimum Gasteiger partial charge on any atom is -0.492 e. The van der Waals surface area contributed by atoms with Crippen molar-refractivity contribution >= 4 is 17.5 Å². The van der Waals surface area contributed by atoms with E-state index in [2.05, 4.69) is 24.5 Å². The molecule has 1 heterocycles. The lowest BCUT2D eigenvalue weighted by molar-refractivity contribution is -0.126. The van der Waals surface area contributed by atoms with Crippen LogP contribution in [0.25, 0.3) is 0 Å². The van der Waals surface area contributed by atoms with Crippen LogP contribution in [0.4, 0.5) is 5.69 Å². The van der Waals surface area contributed by atoms with Crippen LogP contribution >= 0.6 is 0 Å². The minimum absolute atomic E-state index is 0.0188. The van der Waals surface area contributed by atoms with Gasteiger partial charge in [-0.05, 0) is 42.5 Å². The first kappa shape index (κ1) is 18.3. The molecule has 0 aromatic heterocycles.